The molecule has 20 heavy (non-hydrogen) atoms. The number of nitrogens with one attached hydrogen (secondary N) is 1. The minimum atomic E-state index is 0.0796. The van der Waals surface area contributed by atoms with Crippen molar-refractivity contribution >= 4 is 11.8 Å². The van der Waals surface area contributed by atoms with Gasteiger partial charge in [0, 0.05) is 39.1 Å². The molecule has 1 N–H and O–H groups in total. The third kappa shape index (κ3) is 4.20. The van der Waals surface area contributed by atoms with Crippen LogP contribution in [0.4, 0.5) is 0 Å². The Morgan fingerprint density at radius 1 is 1.10 bits per heavy atom. The molecule has 2 rings (SSSR count). The second kappa shape index (κ2) is 7.62. The SMILES string of the molecule is CN(CC(=O)N1CCNCC1)C(=O)C1CCCCCC1. The Hall–Kier alpha value is -1.10. The van der Waals surface area contributed by atoms with Gasteiger partial charge in [-0.1, -0.05) is 25.7 Å². The molecule has 0 aromatic carbocycles. The van der Waals surface area contributed by atoms with Gasteiger partial charge in [-0.2, -0.15) is 0 Å². The molecule has 1 saturated heterocycles. The molecule has 0 unspecified atom stereocenters. The molecule has 1 heterocycles. The van der Waals surface area contributed by atoms with Gasteiger partial charge in [0.2, 0.25) is 11.8 Å². The van der Waals surface area contributed by atoms with E-state index >= 15 is 0 Å². The van der Waals surface area contributed by atoms with Crippen molar-refractivity contribution in [3.63, 3.8) is 0 Å². The maximum atomic E-state index is 12.4. The summed E-state index contributed by atoms with van der Waals surface area (Å²) in [6.07, 6.45) is 6.77. The fourth-order valence-electron chi connectivity index (χ4n) is 3.13. The Kier molecular flexibility index (Phi) is 5.83. The van der Waals surface area contributed by atoms with Crippen LogP contribution in [0, 0.1) is 5.92 Å². The Morgan fingerprint density at radius 3 is 2.30 bits per heavy atom. The van der Waals surface area contributed by atoms with E-state index in [1.807, 2.05) is 4.90 Å². The number of carbonyl (C=O) groups is 2. The van der Waals surface area contributed by atoms with Crippen molar-refractivity contribution in [1.82, 2.24) is 15.1 Å². The van der Waals surface area contributed by atoms with E-state index in [0.29, 0.717) is 0 Å². The summed E-state index contributed by atoms with van der Waals surface area (Å²) >= 11 is 0. The van der Waals surface area contributed by atoms with Crippen molar-refractivity contribution < 1.29 is 9.59 Å². The highest BCUT2D eigenvalue weighted by Gasteiger charge is 2.25. The third-order valence-corrected chi connectivity index (χ3v) is 4.42. The predicted molar refractivity (Wildman–Crippen MR) is 78.3 cm³/mol. The summed E-state index contributed by atoms with van der Waals surface area (Å²) < 4.78 is 0. The summed E-state index contributed by atoms with van der Waals surface area (Å²) in [5, 5.41) is 3.23. The molecule has 1 aliphatic carbocycles. The second-order valence-electron chi connectivity index (χ2n) is 6.01. The van der Waals surface area contributed by atoms with Crippen LogP contribution < -0.4 is 5.32 Å². The predicted octanol–water partition coefficient (Wildman–Crippen LogP) is 0.847. The first-order valence-corrected chi connectivity index (χ1v) is 7.92. The summed E-state index contributed by atoms with van der Waals surface area (Å²) in [6.45, 7) is 3.45. The zero-order chi connectivity index (χ0) is 14.4. The van der Waals surface area contributed by atoms with Gasteiger partial charge in [-0.3, -0.25) is 9.59 Å². The molecule has 0 atom stereocenters. The molecule has 2 amide bonds. The van der Waals surface area contributed by atoms with Gasteiger partial charge >= 0.3 is 0 Å². The number of amides is 2. The van der Waals surface area contributed by atoms with Crippen LogP contribution in [0.25, 0.3) is 0 Å². The molecule has 2 aliphatic rings. The summed E-state index contributed by atoms with van der Waals surface area (Å²) in [7, 11) is 1.77. The molecule has 1 aliphatic heterocycles. The van der Waals surface area contributed by atoms with E-state index in [0.717, 1.165) is 51.9 Å². The van der Waals surface area contributed by atoms with E-state index in [1.165, 1.54) is 12.8 Å². The number of hydrogen-bond donors (Lipinski definition) is 1. The number of hydrogen-bond acceptors (Lipinski definition) is 3. The number of rotatable bonds is 3. The number of likely N-dealkylation sites (N-methyl/N-ethyl adjacent to an activating group) is 1. The highest BCUT2D eigenvalue weighted by atomic mass is 16.2. The van der Waals surface area contributed by atoms with Crippen LogP contribution in [0.1, 0.15) is 38.5 Å². The molecule has 0 bridgehead atoms. The molecule has 5 nitrogen and oxygen atoms in total. The molecule has 5 heteroatoms. The van der Waals surface area contributed by atoms with E-state index in [-0.39, 0.29) is 24.3 Å². The molecule has 0 aromatic heterocycles. The van der Waals surface area contributed by atoms with Crippen molar-refractivity contribution in [2.45, 2.75) is 38.5 Å². The number of carbonyl (C=O) groups excluding carboxylic acids is 2. The van der Waals surface area contributed by atoms with E-state index in [9.17, 15) is 9.59 Å². The lowest BCUT2D eigenvalue weighted by molar-refractivity contribution is -0.142. The maximum absolute atomic E-state index is 12.4. The molecule has 0 aromatic rings. The van der Waals surface area contributed by atoms with Gasteiger partial charge in [-0.25, -0.2) is 0 Å². The lowest BCUT2D eigenvalue weighted by Gasteiger charge is -2.30. The minimum absolute atomic E-state index is 0.0796. The maximum Gasteiger partial charge on any atom is 0.242 e. The summed E-state index contributed by atoms with van der Waals surface area (Å²) in [5.74, 6) is 0.379. The van der Waals surface area contributed by atoms with Crippen molar-refractivity contribution in [2.24, 2.45) is 5.92 Å². The lowest BCUT2D eigenvalue weighted by Crippen LogP contribution is -2.50. The van der Waals surface area contributed by atoms with Gasteiger partial charge in [-0.05, 0) is 12.8 Å². The fourth-order valence-corrected chi connectivity index (χ4v) is 3.13. The molecular weight excluding hydrogens is 254 g/mol. The standard InChI is InChI=1S/C15H27N3O2/c1-17(12-14(19)18-10-8-16-9-11-18)15(20)13-6-4-2-3-5-7-13/h13,16H,2-12H2,1H3. The van der Waals surface area contributed by atoms with Gasteiger partial charge in [-0.15, -0.1) is 0 Å². The van der Waals surface area contributed by atoms with Crippen molar-refractivity contribution in [3.8, 4) is 0 Å². The first kappa shape index (κ1) is 15.3. The van der Waals surface area contributed by atoms with E-state index in [4.69, 9.17) is 0 Å². The first-order chi connectivity index (χ1) is 9.68. The fraction of sp³-hybridized carbons (Fsp3) is 0.867. The summed E-state index contributed by atoms with van der Waals surface area (Å²) in [4.78, 5) is 28.1. The van der Waals surface area contributed by atoms with Gasteiger partial charge in [0.25, 0.3) is 0 Å². The highest BCUT2D eigenvalue weighted by molar-refractivity contribution is 5.85. The van der Waals surface area contributed by atoms with Gasteiger partial charge in [0.05, 0.1) is 6.54 Å². The minimum Gasteiger partial charge on any atom is -0.339 e. The van der Waals surface area contributed by atoms with Crippen LogP contribution in [-0.4, -0.2) is 61.4 Å². The van der Waals surface area contributed by atoms with Crippen LogP contribution in [0.3, 0.4) is 0 Å². The van der Waals surface area contributed by atoms with Crippen molar-refractivity contribution in [3.05, 3.63) is 0 Å². The topological polar surface area (TPSA) is 52.7 Å². The Bertz CT molecular complexity index is 332. The van der Waals surface area contributed by atoms with Gasteiger partial charge in [0.15, 0.2) is 0 Å². The first-order valence-electron chi connectivity index (χ1n) is 7.92. The van der Waals surface area contributed by atoms with E-state index < -0.39 is 0 Å². The monoisotopic (exact) mass is 281 g/mol. The van der Waals surface area contributed by atoms with Gasteiger partial charge in [0.1, 0.15) is 0 Å². The average Bonchev–Trinajstić information content (AvgIpc) is 2.76. The quantitative estimate of drug-likeness (QED) is 0.780. The van der Waals surface area contributed by atoms with Crippen molar-refractivity contribution in [2.75, 3.05) is 39.8 Å². The number of nitrogens with zero attached hydrogens (tertiary/aromatic N) is 2. The second-order valence-corrected chi connectivity index (χ2v) is 6.01. The molecule has 114 valence electrons. The Labute approximate surface area is 121 Å². The largest absolute Gasteiger partial charge is 0.339 e. The van der Waals surface area contributed by atoms with Crippen molar-refractivity contribution in [1.29, 1.82) is 0 Å². The normalized spacial score (nSPS) is 21.4. The molecule has 2 fully saturated rings. The van der Waals surface area contributed by atoms with Crippen LogP contribution in [0.2, 0.25) is 0 Å². The van der Waals surface area contributed by atoms with E-state index in [1.54, 1.807) is 11.9 Å². The van der Waals surface area contributed by atoms with E-state index in [2.05, 4.69) is 5.32 Å². The number of piperazine rings is 1. The smallest absolute Gasteiger partial charge is 0.242 e. The van der Waals surface area contributed by atoms with Crippen LogP contribution in [-0.2, 0) is 9.59 Å². The molecular formula is C15H27N3O2. The summed E-state index contributed by atoms with van der Waals surface area (Å²) in [5.41, 5.74) is 0. The van der Waals surface area contributed by atoms with Crippen LogP contribution in [0.5, 0.6) is 0 Å². The highest BCUT2D eigenvalue weighted by Crippen LogP contribution is 2.24. The Morgan fingerprint density at radius 2 is 1.70 bits per heavy atom. The Balaban J connectivity index is 1.81. The third-order valence-electron chi connectivity index (χ3n) is 4.42. The van der Waals surface area contributed by atoms with Gasteiger partial charge < -0.3 is 15.1 Å². The zero-order valence-corrected chi connectivity index (χ0v) is 12.6. The van der Waals surface area contributed by atoms with Crippen LogP contribution >= 0.6 is 0 Å². The molecule has 0 radical (unpaired) electrons. The lowest BCUT2D eigenvalue weighted by atomic mass is 9.99. The molecule has 1 saturated carbocycles. The average molecular weight is 281 g/mol. The zero-order valence-electron chi connectivity index (χ0n) is 12.6. The summed E-state index contributed by atoms with van der Waals surface area (Å²) in [6, 6.07) is 0. The van der Waals surface area contributed by atoms with Crippen LogP contribution in [0.15, 0.2) is 0 Å². The molecule has 0 spiro atoms.